The van der Waals surface area contributed by atoms with Crippen molar-refractivity contribution >= 4 is 0 Å². The minimum atomic E-state index is -0.0184. The number of phenols is 1. The molecule has 0 unspecified atom stereocenters. The highest BCUT2D eigenvalue weighted by atomic mass is 16.3. The van der Waals surface area contributed by atoms with Gasteiger partial charge in [0, 0.05) is 11.1 Å². The van der Waals surface area contributed by atoms with Gasteiger partial charge in [0.05, 0.1) is 0 Å². The molecule has 1 rings (SSSR count). The molecule has 0 aliphatic rings. The molecule has 0 fully saturated rings. The molecule has 0 heterocycles. The second-order valence-electron chi connectivity index (χ2n) is 14.1. The molecule has 0 radical (unpaired) electrons. The summed E-state index contributed by atoms with van der Waals surface area (Å²) in [5.74, 6) is 0.583. The van der Waals surface area contributed by atoms with E-state index in [1.165, 1.54) is 119 Å². The molecule has 0 aromatic heterocycles. The average Bonchev–Trinajstić information content (AvgIpc) is 2.83. The fourth-order valence-electron chi connectivity index (χ4n) is 5.98. The molecule has 0 aliphatic heterocycles. The van der Waals surface area contributed by atoms with Crippen LogP contribution in [0.5, 0.6) is 5.75 Å². The lowest BCUT2D eigenvalue weighted by molar-refractivity contribution is 0.374. The largest absolute Gasteiger partial charge is 0.507 e. The predicted molar refractivity (Wildman–Crippen MR) is 167 cm³/mol. The molecule has 1 N–H and O–H groups in total. The van der Waals surface area contributed by atoms with Crippen LogP contribution in [0, 0.1) is 0 Å². The maximum absolute atomic E-state index is 11.8. The zero-order valence-electron chi connectivity index (χ0n) is 26.8. The first kappa shape index (κ1) is 34.0. The molecule has 0 atom stereocenters. The minimum Gasteiger partial charge on any atom is -0.507 e. The summed E-state index contributed by atoms with van der Waals surface area (Å²) in [6.45, 7) is 21.2. The Kier molecular flexibility index (Phi) is 15.5. The maximum Gasteiger partial charge on any atom is 0.123 e. The monoisotopic (exact) mass is 515 g/mol. The van der Waals surface area contributed by atoms with Gasteiger partial charge in [0.2, 0.25) is 0 Å². The van der Waals surface area contributed by atoms with E-state index in [1.807, 2.05) is 0 Å². The second kappa shape index (κ2) is 16.9. The van der Waals surface area contributed by atoms with Gasteiger partial charge in [0.25, 0.3) is 0 Å². The van der Waals surface area contributed by atoms with Crippen molar-refractivity contribution in [3.63, 3.8) is 0 Å². The Balaban J connectivity index is 3.28. The number of hydrogen-bond donors (Lipinski definition) is 1. The first-order chi connectivity index (χ1) is 17.4. The molecular formula is C36H66O. The normalized spacial score (nSPS) is 12.9. The minimum absolute atomic E-state index is 0.0184. The number of hydrogen-bond acceptors (Lipinski definition) is 1. The number of benzene rings is 1. The Morgan fingerprint density at radius 2 is 0.757 bits per heavy atom. The standard InChI is InChI=1S/C36H66O/c1-10-13-16-19-22-25-34(4,5)30-28-31(35(6,7)26-23-20-17-14-11-2)33(37)32(29-30)36(8,9)27-24-21-18-15-12-3/h28-29,37H,10-27H2,1-9H3. The Labute approximate surface area is 233 Å². The third-order valence-electron chi connectivity index (χ3n) is 9.07. The van der Waals surface area contributed by atoms with Crippen LogP contribution in [-0.2, 0) is 16.2 Å². The summed E-state index contributed by atoms with van der Waals surface area (Å²) in [6.07, 6.45) is 23.1. The highest BCUT2D eigenvalue weighted by Crippen LogP contribution is 2.46. The van der Waals surface area contributed by atoms with Crippen LogP contribution in [0.1, 0.15) is 195 Å². The zero-order chi connectivity index (χ0) is 28.0. The molecule has 0 aliphatic carbocycles. The van der Waals surface area contributed by atoms with E-state index in [9.17, 15) is 5.11 Å². The molecule has 37 heavy (non-hydrogen) atoms. The second-order valence-corrected chi connectivity index (χ2v) is 14.1. The third kappa shape index (κ3) is 11.7. The predicted octanol–water partition coefficient (Wildman–Crippen LogP) is 12.3. The zero-order valence-corrected chi connectivity index (χ0v) is 26.8. The fourth-order valence-corrected chi connectivity index (χ4v) is 5.98. The SMILES string of the molecule is CCCCCCCC(C)(C)c1cc(C(C)(C)CCCCCCC)c(O)c(C(C)(C)CCCCCCC)c1. The lowest BCUT2D eigenvalue weighted by atomic mass is 9.70. The molecule has 0 saturated heterocycles. The van der Waals surface area contributed by atoms with Crippen LogP contribution >= 0.6 is 0 Å². The number of aromatic hydroxyl groups is 1. The Hall–Kier alpha value is -0.980. The molecular weight excluding hydrogens is 448 g/mol. The number of rotatable bonds is 21. The van der Waals surface area contributed by atoms with Crippen LogP contribution in [0.15, 0.2) is 12.1 Å². The Morgan fingerprint density at radius 3 is 1.08 bits per heavy atom. The van der Waals surface area contributed by atoms with Crippen molar-refractivity contribution in [2.24, 2.45) is 0 Å². The summed E-state index contributed by atoms with van der Waals surface area (Å²) in [7, 11) is 0. The van der Waals surface area contributed by atoms with Crippen molar-refractivity contribution < 1.29 is 5.11 Å². The van der Waals surface area contributed by atoms with Crippen molar-refractivity contribution in [1.82, 2.24) is 0 Å². The molecule has 1 nitrogen and oxygen atoms in total. The third-order valence-corrected chi connectivity index (χ3v) is 9.07. The van der Waals surface area contributed by atoms with Gasteiger partial charge in [0.15, 0.2) is 0 Å². The van der Waals surface area contributed by atoms with E-state index in [1.54, 1.807) is 0 Å². The highest BCUT2D eigenvalue weighted by Gasteiger charge is 2.33. The lowest BCUT2D eigenvalue weighted by Crippen LogP contribution is -2.25. The van der Waals surface area contributed by atoms with Gasteiger partial charge in [-0.1, -0.05) is 171 Å². The number of phenolic OH excluding ortho intramolecular Hbond substituents is 1. The van der Waals surface area contributed by atoms with Crippen LogP contribution in [0.2, 0.25) is 0 Å². The molecule has 0 bridgehead atoms. The van der Waals surface area contributed by atoms with Crippen LogP contribution in [0.25, 0.3) is 0 Å². The van der Waals surface area contributed by atoms with Gasteiger partial charge in [-0.25, -0.2) is 0 Å². The van der Waals surface area contributed by atoms with Crippen LogP contribution < -0.4 is 0 Å². The average molecular weight is 515 g/mol. The quantitative estimate of drug-likeness (QED) is 0.162. The first-order valence-corrected chi connectivity index (χ1v) is 16.3. The van der Waals surface area contributed by atoms with Gasteiger partial charge in [0.1, 0.15) is 5.75 Å². The molecule has 0 spiro atoms. The smallest absolute Gasteiger partial charge is 0.123 e. The van der Waals surface area contributed by atoms with Gasteiger partial charge >= 0.3 is 0 Å². The van der Waals surface area contributed by atoms with Crippen molar-refractivity contribution in [2.45, 2.75) is 194 Å². The Morgan fingerprint density at radius 1 is 0.459 bits per heavy atom. The van der Waals surface area contributed by atoms with Crippen molar-refractivity contribution in [3.05, 3.63) is 28.8 Å². The molecule has 0 saturated carbocycles. The first-order valence-electron chi connectivity index (χ1n) is 16.3. The summed E-state index contributed by atoms with van der Waals surface area (Å²) in [5.41, 5.74) is 3.90. The van der Waals surface area contributed by atoms with Gasteiger partial charge < -0.3 is 5.11 Å². The van der Waals surface area contributed by atoms with Gasteiger partial charge in [-0.2, -0.15) is 0 Å². The summed E-state index contributed by atoms with van der Waals surface area (Å²) >= 11 is 0. The summed E-state index contributed by atoms with van der Waals surface area (Å²) in [4.78, 5) is 0. The van der Waals surface area contributed by atoms with Crippen LogP contribution in [0.3, 0.4) is 0 Å². The molecule has 1 aromatic carbocycles. The number of unbranched alkanes of at least 4 members (excludes halogenated alkanes) is 12. The molecule has 216 valence electrons. The highest BCUT2D eigenvalue weighted by molar-refractivity contribution is 5.51. The fraction of sp³-hybridized carbons (Fsp3) is 0.833. The summed E-state index contributed by atoms with van der Waals surface area (Å²) < 4.78 is 0. The van der Waals surface area contributed by atoms with Crippen molar-refractivity contribution in [1.29, 1.82) is 0 Å². The van der Waals surface area contributed by atoms with E-state index in [4.69, 9.17) is 0 Å². The van der Waals surface area contributed by atoms with E-state index in [0.29, 0.717) is 5.75 Å². The van der Waals surface area contributed by atoms with Gasteiger partial charge in [-0.05, 0) is 41.1 Å². The van der Waals surface area contributed by atoms with Gasteiger partial charge in [-0.15, -0.1) is 0 Å². The molecule has 1 aromatic rings. The molecule has 0 amide bonds. The Bertz CT molecular complexity index is 692. The van der Waals surface area contributed by atoms with E-state index in [-0.39, 0.29) is 16.2 Å². The molecule has 1 heteroatoms. The summed E-state index contributed by atoms with van der Waals surface area (Å²) in [5, 5.41) is 11.8. The van der Waals surface area contributed by atoms with E-state index in [2.05, 4.69) is 74.4 Å². The van der Waals surface area contributed by atoms with Crippen molar-refractivity contribution in [2.75, 3.05) is 0 Å². The lowest BCUT2D eigenvalue weighted by Gasteiger charge is -2.35. The van der Waals surface area contributed by atoms with Crippen LogP contribution in [-0.4, -0.2) is 5.11 Å². The maximum atomic E-state index is 11.8. The van der Waals surface area contributed by atoms with Crippen LogP contribution in [0.4, 0.5) is 0 Å². The van der Waals surface area contributed by atoms with Crippen molar-refractivity contribution in [3.8, 4) is 5.75 Å². The van der Waals surface area contributed by atoms with E-state index in [0.717, 1.165) is 12.8 Å². The topological polar surface area (TPSA) is 20.2 Å². The van der Waals surface area contributed by atoms with E-state index < -0.39 is 0 Å². The van der Waals surface area contributed by atoms with Gasteiger partial charge in [-0.3, -0.25) is 0 Å². The van der Waals surface area contributed by atoms with E-state index >= 15 is 0 Å². The summed E-state index contributed by atoms with van der Waals surface area (Å²) in [6, 6.07) is 4.79.